The Hall–Kier alpha value is -1.32. The number of Topliss-reactive ketones (excluding diaryl/α,β-unsaturated/α-hetero) is 1. The van der Waals surface area contributed by atoms with Crippen molar-refractivity contribution in [1.29, 1.82) is 0 Å². The standard InChI is InChI=1S/C14H17F3O/c1-3-4-10(2)9-13(18)11-5-7-12(8-6-11)14(15,16)17/h5-8,10H,3-4,9H2,1-2H3. The zero-order chi connectivity index (χ0) is 13.8. The number of carbonyl (C=O) groups excluding carboxylic acids is 1. The van der Waals surface area contributed by atoms with Crippen LogP contribution in [0.4, 0.5) is 13.2 Å². The summed E-state index contributed by atoms with van der Waals surface area (Å²) in [5.74, 6) is 0.175. The maximum atomic E-state index is 12.3. The van der Waals surface area contributed by atoms with Crippen molar-refractivity contribution in [2.45, 2.75) is 39.3 Å². The van der Waals surface area contributed by atoms with E-state index in [1.807, 2.05) is 13.8 Å². The SMILES string of the molecule is CCCC(C)CC(=O)c1ccc(C(F)(F)F)cc1. The van der Waals surface area contributed by atoms with Crippen LogP contribution in [0.2, 0.25) is 0 Å². The van der Waals surface area contributed by atoms with Gasteiger partial charge in [0.05, 0.1) is 5.56 Å². The van der Waals surface area contributed by atoms with Crippen molar-refractivity contribution in [3.63, 3.8) is 0 Å². The van der Waals surface area contributed by atoms with Crippen molar-refractivity contribution in [2.75, 3.05) is 0 Å². The van der Waals surface area contributed by atoms with Crippen molar-refractivity contribution in [3.8, 4) is 0 Å². The number of rotatable bonds is 5. The first-order valence-electron chi connectivity index (χ1n) is 6.05. The van der Waals surface area contributed by atoms with Crippen LogP contribution >= 0.6 is 0 Å². The van der Waals surface area contributed by atoms with Crippen LogP contribution in [0.5, 0.6) is 0 Å². The molecule has 0 N–H and O–H groups in total. The molecule has 4 heteroatoms. The molecular formula is C14H17F3O. The van der Waals surface area contributed by atoms with Gasteiger partial charge in [-0.3, -0.25) is 4.79 Å². The van der Waals surface area contributed by atoms with E-state index < -0.39 is 11.7 Å². The van der Waals surface area contributed by atoms with Crippen LogP contribution in [0.25, 0.3) is 0 Å². The van der Waals surface area contributed by atoms with Crippen molar-refractivity contribution >= 4 is 5.78 Å². The van der Waals surface area contributed by atoms with E-state index >= 15 is 0 Å². The smallest absolute Gasteiger partial charge is 0.294 e. The van der Waals surface area contributed by atoms with Gasteiger partial charge in [-0.05, 0) is 18.1 Å². The van der Waals surface area contributed by atoms with Gasteiger partial charge in [-0.1, -0.05) is 38.8 Å². The van der Waals surface area contributed by atoms with E-state index in [0.717, 1.165) is 25.0 Å². The molecule has 100 valence electrons. The molecule has 1 nitrogen and oxygen atoms in total. The number of hydrogen-bond acceptors (Lipinski definition) is 1. The molecule has 0 bridgehead atoms. The molecule has 1 atom stereocenters. The fourth-order valence-corrected chi connectivity index (χ4v) is 1.87. The molecule has 0 radical (unpaired) electrons. The molecule has 0 heterocycles. The summed E-state index contributed by atoms with van der Waals surface area (Å²) in [6, 6.07) is 4.42. The Kier molecular flexibility index (Phi) is 4.93. The lowest BCUT2D eigenvalue weighted by molar-refractivity contribution is -0.137. The molecule has 0 amide bonds. The van der Waals surface area contributed by atoms with Crippen molar-refractivity contribution in [3.05, 3.63) is 35.4 Å². The highest BCUT2D eigenvalue weighted by Crippen LogP contribution is 2.29. The maximum absolute atomic E-state index is 12.3. The highest BCUT2D eigenvalue weighted by molar-refractivity contribution is 5.96. The van der Waals surface area contributed by atoms with Gasteiger partial charge in [0.15, 0.2) is 5.78 Å². The van der Waals surface area contributed by atoms with E-state index in [9.17, 15) is 18.0 Å². The molecule has 1 rings (SSSR count). The Bertz CT molecular complexity index is 392. The molecule has 1 aromatic carbocycles. The van der Waals surface area contributed by atoms with Gasteiger partial charge in [-0.25, -0.2) is 0 Å². The minimum absolute atomic E-state index is 0.0929. The monoisotopic (exact) mass is 258 g/mol. The summed E-state index contributed by atoms with van der Waals surface area (Å²) in [6.45, 7) is 4.02. The van der Waals surface area contributed by atoms with Crippen molar-refractivity contribution < 1.29 is 18.0 Å². The summed E-state index contributed by atoms with van der Waals surface area (Å²) in [4.78, 5) is 11.8. The lowest BCUT2D eigenvalue weighted by Crippen LogP contribution is -2.08. The zero-order valence-electron chi connectivity index (χ0n) is 10.6. The van der Waals surface area contributed by atoms with Crippen LogP contribution in [-0.2, 0) is 6.18 Å². The molecular weight excluding hydrogens is 241 g/mol. The Morgan fingerprint density at radius 3 is 2.22 bits per heavy atom. The quantitative estimate of drug-likeness (QED) is 0.699. The van der Waals surface area contributed by atoms with Crippen LogP contribution in [0, 0.1) is 5.92 Å². The number of carbonyl (C=O) groups is 1. The highest BCUT2D eigenvalue weighted by atomic mass is 19.4. The summed E-state index contributed by atoms with van der Waals surface area (Å²) in [6.07, 6.45) is -2.01. The summed E-state index contributed by atoms with van der Waals surface area (Å²) in [7, 11) is 0. The van der Waals surface area contributed by atoms with E-state index in [4.69, 9.17) is 0 Å². The number of hydrogen-bond donors (Lipinski definition) is 0. The summed E-state index contributed by atoms with van der Waals surface area (Å²) >= 11 is 0. The largest absolute Gasteiger partial charge is 0.416 e. The molecule has 0 saturated heterocycles. The van der Waals surface area contributed by atoms with Crippen LogP contribution in [0.1, 0.15) is 49.0 Å². The van der Waals surface area contributed by atoms with Crippen LogP contribution in [0.3, 0.4) is 0 Å². The average Bonchev–Trinajstić information content (AvgIpc) is 2.28. The lowest BCUT2D eigenvalue weighted by Gasteiger charge is -2.10. The molecule has 0 saturated carbocycles. The Labute approximate surface area is 105 Å². The molecule has 0 aliphatic carbocycles. The van der Waals surface area contributed by atoms with E-state index in [2.05, 4.69) is 0 Å². The first-order valence-corrected chi connectivity index (χ1v) is 6.05. The highest BCUT2D eigenvalue weighted by Gasteiger charge is 2.30. The van der Waals surface area contributed by atoms with E-state index in [0.29, 0.717) is 12.0 Å². The normalized spacial score (nSPS) is 13.4. The second-order valence-corrected chi connectivity index (χ2v) is 4.60. The molecule has 0 aliphatic heterocycles. The van der Waals surface area contributed by atoms with Gasteiger partial charge in [0.25, 0.3) is 0 Å². The van der Waals surface area contributed by atoms with E-state index in [1.54, 1.807) is 0 Å². The molecule has 0 aromatic heterocycles. The van der Waals surface area contributed by atoms with Gasteiger partial charge in [0.1, 0.15) is 0 Å². The fourth-order valence-electron chi connectivity index (χ4n) is 1.87. The molecule has 18 heavy (non-hydrogen) atoms. The van der Waals surface area contributed by atoms with Crippen molar-refractivity contribution in [2.24, 2.45) is 5.92 Å². The molecule has 0 aliphatic rings. The van der Waals surface area contributed by atoms with Crippen LogP contribution in [-0.4, -0.2) is 5.78 Å². The van der Waals surface area contributed by atoms with Crippen LogP contribution < -0.4 is 0 Å². The zero-order valence-corrected chi connectivity index (χ0v) is 10.6. The van der Waals surface area contributed by atoms with Gasteiger partial charge in [0.2, 0.25) is 0 Å². The molecule has 1 aromatic rings. The Morgan fingerprint density at radius 2 is 1.78 bits per heavy atom. The van der Waals surface area contributed by atoms with Gasteiger partial charge < -0.3 is 0 Å². The molecule has 1 unspecified atom stereocenters. The van der Waals surface area contributed by atoms with E-state index in [1.165, 1.54) is 12.1 Å². The Balaban J connectivity index is 2.71. The third-order valence-electron chi connectivity index (χ3n) is 2.85. The number of halogens is 3. The summed E-state index contributed by atoms with van der Waals surface area (Å²) in [5.41, 5.74) is -0.369. The van der Waals surface area contributed by atoms with Gasteiger partial charge in [-0.2, -0.15) is 13.2 Å². The number of benzene rings is 1. The van der Waals surface area contributed by atoms with Gasteiger partial charge in [-0.15, -0.1) is 0 Å². The Morgan fingerprint density at radius 1 is 1.22 bits per heavy atom. The minimum Gasteiger partial charge on any atom is -0.294 e. The second kappa shape index (κ2) is 6.03. The third kappa shape index (κ3) is 4.17. The third-order valence-corrected chi connectivity index (χ3v) is 2.85. The second-order valence-electron chi connectivity index (χ2n) is 4.60. The maximum Gasteiger partial charge on any atom is 0.416 e. The predicted octanol–water partition coefficient (Wildman–Crippen LogP) is 4.71. The first-order chi connectivity index (χ1) is 8.34. The average molecular weight is 258 g/mol. The van der Waals surface area contributed by atoms with Crippen LogP contribution in [0.15, 0.2) is 24.3 Å². The summed E-state index contributed by atoms with van der Waals surface area (Å²) < 4.78 is 37.0. The fraction of sp³-hybridized carbons (Fsp3) is 0.500. The van der Waals surface area contributed by atoms with E-state index in [-0.39, 0.29) is 11.7 Å². The molecule has 0 spiro atoms. The number of alkyl halides is 3. The topological polar surface area (TPSA) is 17.1 Å². The van der Waals surface area contributed by atoms with Crippen molar-refractivity contribution in [1.82, 2.24) is 0 Å². The minimum atomic E-state index is -4.35. The first kappa shape index (κ1) is 14.7. The summed E-state index contributed by atoms with van der Waals surface area (Å²) in [5, 5.41) is 0. The van der Waals surface area contributed by atoms with Gasteiger partial charge >= 0.3 is 6.18 Å². The lowest BCUT2D eigenvalue weighted by atomic mass is 9.96. The number of ketones is 1. The molecule has 0 fully saturated rings. The van der Waals surface area contributed by atoms with Gasteiger partial charge in [0, 0.05) is 12.0 Å². The predicted molar refractivity (Wildman–Crippen MR) is 64.5 cm³/mol.